The van der Waals surface area contributed by atoms with Gasteiger partial charge in [-0.25, -0.2) is 4.98 Å². The lowest BCUT2D eigenvalue weighted by molar-refractivity contribution is 1.37. The van der Waals surface area contributed by atoms with Crippen LogP contribution in [0.3, 0.4) is 0 Å². The first-order valence-electron chi connectivity index (χ1n) is 8.79. The van der Waals surface area contributed by atoms with Crippen molar-refractivity contribution in [3.8, 4) is 22.4 Å². The molecule has 0 unspecified atom stereocenters. The number of benzene rings is 3. The lowest BCUT2D eigenvalue weighted by atomic mass is 9.97. The largest absolute Gasteiger partial charge is 0.254 e. The molecule has 0 bridgehead atoms. The van der Waals surface area contributed by atoms with Crippen LogP contribution < -0.4 is 0 Å². The minimum atomic E-state index is 0.936. The average Bonchev–Trinajstić information content (AvgIpc) is 2.74. The fourth-order valence-electron chi connectivity index (χ4n) is 3.45. The van der Waals surface area contributed by atoms with Crippen LogP contribution in [0.5, 0.6) is 0 Å². The van der Waals surface area contributed by atoms with E-state index in [1.807, 2.05) is 30.5 Å². The third-order valence-corrected chi connectivity index (χ3v) is 5.30. The summed E-state index contributed by atoms with van der Waals surface area (Å²) < 4.78 is 1.06. The summed E-state index contributed by atoms with van der Waals surface area (Å²) in [6.07, 6.45) is 1.83. The van der Waals surface area contributed by atoms with Gasteiger partial charge in [0, 0.05) is 27.0 Å². The lowest BCUT2D eigenvalue weighted by Crippen LogP contribution is -1.92. The summed E-state index contributed by atoms with van der Waals surface area (Å²) in [6, 6.07) is 29.2. The molecule has 2 nitrogen and oxygen atoms in total. The van der Waals surface area contributed by atoms with Crippen molar-refractivity contribution in [2.24, 2.45) is 0 Å². The lowest BCUT2D eigenvalue weighted by Gasteiger charge is -2.12. The number of hydrogen-bond acceptors (Lipinski definition) is 2. The van der Waals surface area contributed by atoms with Crippen LogP contribution in [-0.2, 0) is 0 Å². The highest BCUT2D eigenvalue weighted by molar-refractivity contribution is 9.10. The molecule has 0 aliphatic rings. The molecule has 27 heavy (non-hydrogen) atoms. The van der Waals surface area contributed by atoms with E-state index in [2.05, 4.69) is 81.6 Å². The molecular formula is C24H15BrN2. The zero-order valence-corrected chi connectivity index (χ0v) is 16.0. The molecular weight excluding hydrogens is 396 g/mol. The van der Waals surface area contributed by atoms with E-state index in [-0.39, 0.29) is 0 Å². The van der Waals surface area contributed by atoms with Crippen molar-refractivity contribution >= 4 is 37.7 Å². The van der Waals surface area contributed by atoms with Crippen LogP contribution in [0.1, 0.15) is 0 Å². The number of pyridine rings is 2. The maximum absolute atomic E-state index is 5.01. The Labute approximate surface area is 165 Å². The van der Waals surface area contributed by atoms with Crippen LogP contribution in [0.25, 0.3) is 44.2 Å². The van der Waals surface area contributed by atoms with Gasteiger partial charge < -0.3 is 0 Å². The van der Waals surface area contributed by atoms with E-state index in [9.17, 15) is 0 Å². The predicted molar refractivity (Wildman–Crippen MR) is 116 cm³/mol. The number of rotatable bonds is 2. The van der Waals surface area contributed by atoms with Crippen LogP contribution in [0, 0.1) is 0 Å². The first-order valence-corrected chi connectivity index (χ1v) is 9.59. The van der Waals surface area contributed by atoms with Gasteiger partial charge in [0.25, 0.3) is 0 Å². The smallest absolute Gasteiger partial charge is 0.0978 e. The maximum Gasteiger partial charge on any atom is 0.0978 e. The summed E-state index contributed by atoms with van der Waals surface area (Å²) >= 11 is 3.51. The SMILES string of the molecule is Brc1ccc(-c2cc(-c3ccccc3)c3ccc4cccnc4c3n2)cc1. The molecule has 3 aromatic carbocycles. The van der Waals surface area contributed by atoms with Crippen LogP contribution in [0.4, 0.5) is 0 Å². The molecule has 0 aliphatic carbocycles. The second-order valence-electron chi connectivity index (χ2n) is 6.46. The molecule has 0 saturated carbocycles. The number of hydrogen-bond donors (Lipinski definition) is 0. The minimum Gasteiger partial charge on any atom is -0.254 e. The Morgan fingerprint density at radius 1 is 0.667 bits per heavy atom. The van der Waals surface area contributed by atoms with Crippen molar-refractivity contribution in [3.05, 3.63) is 95.6 Å². The summed E-state index contributed by atoms with van der Waals surface area (Å²) in [6.45, 7) is 0. The highest BCUT2D eigenvalue weighted by atomic mass is 79.9. The molecule has 0 N–H and O–H groups in total. The van der Waals surface area contributed by atoms with E-state index in [1.165, 1.54) is 11.1 Å². The highest BCUT2D eigenvalue weighted by Crippen LogP contribution is 2.34. The number of fused-ring (bicyclic) bond motifs is 3. The molecule has 5 aromatic rings. The molecule has 0 saturated heterocycles. The summed E-state index contributed by atoms with van der Waals surface area (Å²) in [4.78, 5) is 9.63. The fourth-order valence-corrected chi connectivity index (χ4v) is 3.72. The number of halogens is 1. The molecule has 0 spiro atoms. The van der Waals surface area contributed by atoms with Crippen LogP contribution in [0.15, 0.2) is 95.6 Å². The monoisotopic (exact) mass is 410 g/mol. The van der Waals surface area contributed by atoms with E-state index in [0.717, 1.165) is 37.5 Å². The first kappa shape index (κ1) is 16.2. The number of nitrogens with zero attached hydrogens (tertiary/aromatic N) is 2. The zero-order chi connectivity index (χ0) is 18.2. The van der Waals surface area contributed by atoms with E-state index in [0.29, 0.717) is 0 Å². The van der Waals surface area contributed by atoms with Gasteiger partial charge in [-0.15, -0.1) is 0 Å². The summed E-state index contributed by atoms with van der Waals surface area (Å²) in [5.74, 6) is 0. The molecule has 3 heteroatoms. The van der Waals surface area contributed by atoms with Gasteiger partial charge in [0.15, 0.2) is 0 Å². The van der Waals surface area contributed by atoms with E-state index < -0.39 is 0 Å². The molecule has 5 rings (SSSR count). The van der Waals surface area contributed by atoms with Crippen molar-refractivity contribution < 1.29 is 0 Å². The van der Waals surface area contributed by atoms with E-state index >= 15 is 0 Å². The van der Waals surface area contributed by atoms with Gasteiger partial charge in [0.2, 0.25) is 0 Å². The normalized spacial score (nSPS) is 11.1. The van der Waals surface area contributed by atoms with Crippen LogP contribution in [-0.4, -0.2) is 9.97 Å². The van der Waals surface area contributed by atoms with Crippen molar-refractivity contribution in [3.63, 3.8) is 0 Å². The van der Waals surface area contributed by atoms with Gasteiger partial charge >= 0.3 is 0 Å². The Morgan fingerprint density at radius 3 is 2.30 bits per heavy atom. The quantitative estimate of drug-likeness (QED) is 0.296. The molecule has 2 aromatic heterocycles. The van der Waals surface area contributed by atoms with Gasteiger partial charge in [-0.3, -0.25) is 4.98 Å². The molecule has 128 valence electrons. The predicted octanol–water partition coefficient (Wildman–Crippen LogP) is 6.88. The Morgan fingerprint density at radius 2 is 1.48 bits per heavy atom. The molecule has 0 radical (unpaired) electrons. The minimum absolute atomic E-state index is 0.936. The second kappa shape index (κ2) is 6.60. The van der Waals surface area contributed by atoms with Gasteiger partial charge in [-0.1, -0.05) is 76.6 Å². The molecule has 0 atom stereocenters. The van der Waals surface area contributed by atoms with Crippen LogP contribution >= 0.6 is 15.9 Å². The molecule has 2 heterocycles. The van der Waals surface area contributed by atoms with Gasteiger partial charge in [0.05, 0.1) is 16.7 Å². The summed E-state index contributed by atoms with van der Waals surface area (Å²) in [5, 5.41) is 2.22. The summed E-state index contributed by atoms with van der Waals surface area (Å²) in [7, 11) is 0. The molecule has 0 aliphatic heterocycles. The van der Waals surface area contributed by atoms with Crippen molar-refractivity contribution in [2.75, 3.05) is 0 Å². The number of aromatic nitrogens is 2. The van der Waals surface area contributed by atoms with Gasteiger partial charge in [0.1, 0.15) is 0 Å². The van der Waals surface area contributed by atoms with Crippen molar-refractivity contribution in [2.45, 2.75) is 0 Å². The summed E-state index contributed by atoms with van der Waals surface area (Å²) in [5.41, 5.74) is 6.26. The van der Waals surface area contributed by atoms with Gasteiger partial charge in [-0.05, 0) is 35.4 Å². The Bertz CT molecular complexity index is 1260. The average molecular weight is 411 g/mol. The van der Waals surface area contributed by atoms with Crippen molar-refractivity contribution in [1.29, 1.82) is 0 Å². The standard InChI is InChI=1S/C24H15BrN2/c25-19-11-8-17(9-12-19)22-15-21(16-5-2-1-3-6-16)20-13-10-18-7-4-14-26-23(18)24(20)27-22/h1-15H. The topological polar surface area (TPSA) is 25.8 Å². The Balaban J connectivity index is 1.89. The van der Waals surface area contributed by atoms with E-state index in [4.69, 9.17) is 4.98 Å². The van der Waals surface area contributed by atoms with E-state index in [1.54, 1.807) is 0 Å². The Hall–Kier alpha value is -3.04. The highest BCUT2D eigenvalue weighted by Gasteiger charge is 2.12. The van der Waals surface area contributed by atoms with Crippen molar-refractivity contribution in [1.82, 2.24) is 9.97 Å². The molecule has 0 fully saturated rings. The van der Waals surface area contributed by atoms with Gasteiger partial charge in [-0.2, -0.15) is 0 Å². The third-order valence-electron chi connectivity index (χ3n) is 4.78. The fraction of sp³-hybridized carbons (Fsp3) is 0. The Kier molecular flexibility index (Phi) is 3.95. The van der Waals surface area contributed by atoms with Crippen LogP contribution in [0.2, 0.25) is 0 Å². The second-order valence-corrected chi connectivity index (χ2v) is 7.38. The zero-order valence-electron chi connectivity index (χ0n) is 14.4. The maximum atomic E-state index is 5.01. The first-order chi connectivity index (χ1) is 13.3. The molecule has 0 amide bonds. The third kappa shape index (κ3) is 2.90.